The molecular formula is C21H32O4S2. The second-order valence-electron chi connectivity index (χ2n) is 6.72. The summed E-state index contributed by atoms with van der Waals surface area (Å²) in [6.07, 6.45) is 0. The van der Waals surface area contributed by atoms with Gasteiger partial charge in [-0.3, -0.25) is 0 Å². The Bertz CT molecular complexity index is 862. The van der Waals surface area contributed by atoms with Gasteiger partial charge in [0.1, 0.15) is 0 Å². The highest BCUT2D eigenvalue weighted by atomic mass is 32.2. The van der Waals surface area contributed by atoms with Gasteiger partial charge in [0.25, 0.3) is 0 Å². The van der Waals surface area contributed by atoms with Crippen molar-refractivity contribution in [1.29, 1.82) is 0 Å². The van der Waals surface area contributed by atoms with Crippen molar-refractivity contribution in [3.8, 4) is 0 Å². The molecule has 0 amide bonds. The van der Waals surface area contributed by atoms with Gasteiger partial charge in [-0.2, -0.15) is 0 Å². The Balaban J connectivity index is 0.000000483. The summed E-state index contributed by atoms with van der Waals surface area (Å²) >= 11 is 0. The third-order valence-corrected chi connectivity index (χ3v) is 8.67. The lowest BCUT2D eigenvalue weighted by atomic mass is 10.2. The number of aryl methyl sites for hydroxylation is 2. The van der Waals surface area contributed by atoms with Crippen LogP contribution in [0.1, 0.15) is 46.2 Å². The molecule has 0 bridgehead atoms. The predicted octanol–water partition coefficient (Wildman–Crippen LogP) is 4.99. The van der Waals surface area contributed by atoms with Crippen LogP contribution in [0.3, 0.4) is 0 Å². The topological polar surface area (TPSA) is 68.3 Å². The first-order valence-corrected chi connectivity index (χ1v) is 11.6. The molecule has 0 atom stereocenters. The lowest BCUT2D eigenvalue weighted by Gasteiger charge is -2.09. The van der Waals surface area contributed by atoms with Crippen LogP contribution in [-0.2, 0) is 19.7 Å². The molecule has 4 nitrogen and oxygen atoms in total. The van der Waals surface area contributed by atoms with Crippen LogP contribution in [0.2, 0.25) is 0 Å². The second-order valence-corrected chi connectivity index (χ2v) is 11.7. The molecule has 0 aliphatic heterocycles. The fourth-order valence-corrected chi connectivity index (χ4v) is 4.85. The van der Waals surface area contributed by atoms with Crippen molar-refractivity contribution in [2.45, 2.75) is 69.3 Å². The van der Waals surface area contributed by atoms with Gasteiger partial charge in [-0.05, 0) is 64.8 Å². The highest BCUT2D eigenvalue weighted by Crippen LogP contribution is 2.20. The maximum absolute atomic E-state index is 11.8. The fraction of sp³-hybridized carbons (Fsp3) is 0.429. The minimum atomic E-state index is -3.11. The molecule has 6 heteroatoms. The Hall–Kier alpha value is -1.66. The van der Waals surface area contributed by atoms with Crippen molar-refractivity contribution in [3.05, 3.63) is 59.7 Å². The van der Waals surface area contributed by atoms with E-state index < -0.39 is 19.7 Å². The summed E-state index contributed by atoms with van der Waals surface area (Å²) in [5, 5.41) is -0.706. The Kier molecular flexibility index (Phi) is 9.42. The van der Waals surface area contributed by atoms with Gasteiger partial charge < -0.3 is 0 Å². The molecule has 2 aromatic carbocycles. The van der Waals surface area contributed by atoms with E-state index >= 15 is 0 Å². The monoisotopic (exact) mass is 412 g/mol. The van der Waals surface area contributed by atoms with Crippen LogP contribution in [-0.4, -0.2) is 27.3 Å². The molecule has 0 radical (unpaired) electrons. The quantitative estimate of drug-likeness (QED) is 0.709. The van der Waals surface area contributed by atoms with Crippen molar-refractivity contribution < 1.29 is 16.8 Å². The fourth-order valence-electron chi connectivity index (χ4n) is 2.26. The number of sulfone groups is 2. The lowest BCUT2D eigenvalue weighted by Crippen LogP contribution is -2.14. The maximum atomic E-state index is 11.8. The highest BCUT2D eigenvalue weighted by Gasteiger charge is 2.21. The van der Waals surface area contributed by atoms with Crippen LogP contribution in [0.15, 0.2) is 58.3 Å². The molecular weight excluding hydrogens is 380 g/mol. The van der Waals surface area contributed by atoms with E-state index in [9.17, 15) is 16.8 Å². The third-order valence-electron chi connectivity index (χ3n) is 4.04. The van der Waals surface area contributed by atoms with Crippen molar-refractivity contribution in [1.82, 2.24) is 0 Å². The lowest BCUT2D eigenvalue weighted by molar-refractivity contribution is 0.585. The van der Waals surface area contributed by atoms with Crippen molar-refractivity contribution in [2.24, 2.45) is 0 Å². The SMILES string of the molecule is C.Cc1ccccc1S(=O)(=O)C(C)C.Cc1ccccc1S(=O)(=O)C(C)C. The molecule has 0 saturated carbocycles. The first-order chi connectivity index (χ1) is 11.9. The van der Waals surface area contributed by atoms with Crippen molar-refractivity contribution in [2.75, 3.05) is 0 Å². The molecule has 2 rings (SSSR count). The van der Waals surface area contributed by atoms with Gasteiger partial charge >= 0.3 is 0 Å². The Morgan fingerprint density at radius 2 is 0.852 bits per heavy atom. The summed E-state index contributed by atoms with van der Waals surface area (Å²) in [5.41, 5.74) is 1.63. The van der Waals surface area contributed by atoms with Crippen LogP contribution in [0.5, 0.6) is 0 Å². The van der Waals surface area contributed by atoms with E-state index in [2.05, 4.69) is 0 Å². The van der Waals surface area contributed by atoms with Gasteiger partial charge in [0.15, 0.2) is 19.7 Å². The first kappa shape index (κ1) is 25.3. The zero-order chi connectivity index (χ0) is 20.1. The molecule has 0 aliphatic rings. The maximum Gasteiger partial charge on any atom is 0.180 e. The summed E-state index contributed by atoms with van der Waals surface area (Å²) < 4.78 is 47.0. The number of benzene rings is 2. The van der Waals surface area contributed by atoms with Crippen molar-refractivity contribution in [3.63, 3.8) is 0 Å². The van der Waals surface area contributed by atoms with Crippen LogP contribution in [0.25, 0.3) is 0 Å². The average molecular weight is 413 g/mol. The van der Waals surface area contributed by atoms with E-state index in [4.69, 9.17) is 0 Å². The van der Waals surface area contributed by atoms with Crippen LogP contribution >= 0.6 is 0 Å². The molecule has 27 heavy (non-hydrogen) atoms. The molecule has 0 N–H and O–H groups in total. The van der Waals surface area contributed by atoms with Gasteiger partial charge in [0.05, 0.1) is 20.3 Å². The highest BCUT2D eigenvalue weighted by molar-refractivity contribution is 7.92. The minimum Gasteiger partial charge on any atom is -0.223 e. The number of hydrogen-bond acceptors (Lipinski definition) is 4. The predicted molar refractivity (Wildman–Crippen MR) is 114 cm³/mol. The van der Waals surface area contributed by atoms with Gasteiger partial charge in [-0.25, -0.2) is 16.8 Å². The van der Waals surface area contributed by atoms with E-state index in [1.165, 1.54) is 0 Å². The van der Waals surface area contributed by atoms with E-state index in [1.54, 1.807) is 52.0 Å². The Labute approximate surface area is 165 Å². The molecule has 0 aliphatic carbocycles. The molecule has 0 fully saturated rings. The molecule has 152 valence electrons. The first-order valence-electron chi connectivity index (χ1n) is 8.51. The number of rotatable bonds is 4. The standard InChI is InChI=1S/2C10H14O2S.CH4/c2*1-8(2)13(11,12)10-7-5-4-6-9(10)3;/h2*4-8H,1-3H3;1H4. The molecule has 2 aromatic rings. The summed E-state index contributed by atoms with van der Waals surface area (Å²) in [6.45, 7) is 10.4. The average Bonchev–Trinajstić information content (AvgIpc) is 2.55. The smallest absolute Gasteiger partial charge is 0.180 e. The van der Waals surface area contributed by atoms with Crippen LogP contribution in [0, 0.1) is 13.8 Å². The van der Waals surface area contributed by atoms with E-state index in [1.807, 2.05) is 38.1 Å². The van der Waals surface area contributed by atoms with Crippen LogP contribution < -0.4 is 0 Å². The van der Waals surface area contributed by atoms with E-state index in [0.717, 1.165) is 11.1 Å². The molecule has 0 heterocycles. The molecule has 0 unspecified atom stereocenters. The molecule has 0 aromatic heterocycles. The largest absolute Gasteiger partial charge is 0.223 e. The zero-order valence-corrected chi connectivity index (χ0v) is 17.9. The van der Waals surface area contributed by atoms with E-state index in [0.29, 0.717) is 9.79 Å². The van der Waals surface area contributed by atoms with Gasteiger partial charge in [0, 0.05) is 0 Å². The van der Waals surface area contributed by atoms with E-state index in [-0.39, 0.29) is 17.9 Å². The normalized spacial score (nSPS) is 11.6. The molecule has 0 spiro atoms. The number of hydrogen-bond donors (Lipinski definition) is 0. The van der Waals surface area contributed by atoms with Gasteiger partial charge in [-0.1, -0.05) is 43.8 Å². The van der Waals surface area contributed by atoms with Gasteiger partial charge in [0.2, 0.25) is 0 Å². The summed E-state index contributed by atoms with van der Waals surface area (Å²) in [5.74, 6) is 0. The summed E-state index contributed by atoms with van der Waals surface area (Å²) in [4.78, 5) is 0.898. The minimum absolute atomic E-state index is 0. The summed E-state index contributed by atoms with van der Waals surface area (Å²) in [7, 11) is -6.22. The molecule has 0 saturated heterocycles. The van der Waals surface area contributed by atoms with Gasteiger partial charge in [-0.15, -0.1) is 0 Å². The third kappa shape index (κ3) is 6.18. The second kappa shape index (κ2) is 10.0. The van der Waals surface area contributed by atoms with Crippen LogP contribution in [0.4, 0.5) is 0 Å². The Morgan fingerprint density at radius 1 is 0.593 bits per heavy atom. The zero-order valence-electron chi connectivity index (χ0n) is 16.2. The Morgan fingerprint density at radius 3 is 1.07 bits per heavy atom. The summed E-state index contributed by atoms with van der Waals surface area (Å²) in [6, 6.07) is 14.1. The van der Waals surface area contributed by atoms with Crippen molar-refractivity contribution >= 4 is 19.7 Å².